The molecule has 2 N–H and O–H groups in total. The van der Waals surface area contributed by atoms with Gasteiger partial charge in [-0.1, -0.05) is 0 Å². The lowest BCUT2D eigenvalue weighted by atomic mass is 10.2. The number of hydrogen-bond acceptors (Lipinski definition) is 6. The molecule has 1 aromatic rings. The number of carboxylic acid groups (broad SMARTS) is 1. The fourth-order valence-electron chi connectivity index (χ4n) is 1.24. The first-order valence-electron chi connectivity index (χ1n) is 5.68. The van der Waals surface area contributed by atoms with Gasteiger partial charge in [-0.2, -0.15) is 0 Å². The Bertz CT molecular complexity index is 463. The molecule has 8 heteroatoms. The highest BCUT2D eigenvalue weighted by atomic mass is 16.6. The Morgan fingerprint density at radius 1 is 1.42 bits per heavy atom. The molecule has 19 heavy (non-hydrogen) atoms. The van der Waals surface area contributed by atoms with Gasteiger partial charge in [-0.3, -0.25) is 0 Å². The molecule has 106 valence electrons. The maximum Gasteiger partial charge on any atom is 0.408 e. The van der Waals surface area contributed by atoms with E-state index in [2.05, 4.69) is 15.5 Å². The fourth-order valence-corrected chi connectivity index (χ4v) is 1.24. The number of carbonyl (C=O) groups is 2. The molecule has 1 amide bonds. The van der Waals surface area contributed by atoms with Crippen LogP contribution in [0.1, 0.15) is 32.6 Å². The predicted molar refractivity (Wildman–Crippen MR) is 63.5 cm³/mol. The maximum absolute atomic E-state index is 11.5. The van der Waals surface area contributed by atoms with Crippen LogP contribution in [-0.2, 0) is 16.0 Å². The molecule has 1 aromatic heterocycles. The number of alkyl carbamates (subject to hydrolysis) is 1. The molecule has 0 aliphatic carbocycles. The van der Waals surface area contributed by atoms with Gasteiger partial charge in [0.25, 0.3) is 0 Å². The summed E-state index contributed by atoms with van der Waals surface area (Å²) in [6, 6.07) is -1.19. The lowest BCUT2D eigenvalue weighted by Crippen LogP contribution is -2.44. The van der Waals surface area contributed by atoms with E-state index in [1.54, 1.807) is 27.7 Å². The Labute approximate surface area is 110 Å². The number of rotatable bonds is 4. The minimum Gasteiger partial charge on any atom is -0.480 e. The molecular formula is C11H17N3O5. The molecule has 0 radical (unpaired) electrons. The Morgan fingerprint density at radius 3 is 2.47 bits per heavy atom. The third-order valence-electron chi connectivity index (χ3n) is 1.94. The van der Waals surface area contributed by atoms with Crippen LogP contribution in [0.15, 0.2) is 4.42 Å². The standard InChI is InChI=1S/C11H17N3O5/c1-6-13-14-8(18-6)5-7(9(15)16)12-10(17)19-11(2,3)4/h7H,5H2,1-4H3,(H,12,17)(H,15,16)/t7-/m0/s1. The summed E-state index contributed by atoms with van der Waals surface area (Å²) in [6.07, 6.45) is -0.911. The first-order chi connectivity index (χ1) is 8.67. The summed E-state index contributed by atoms with van der Waals surface area (Å²) >= 11 is 0. The van der Waals surface area contributed by atoms with Crippen LogP contribution in [0.3, 0.4) is 0 Å². The molecule has 1 atom stereocenters. The van der Waals surface area contributed by atoms with Crippen molar-refractivity contribution in [3.05, 3.63) is 11.8 Å². The number of amides is 1. The molecule has 1 heterocycles. The quantitative estimate of drug-likeness (QED) is 0.835. The number of carbonyl (C=O) groups excluding carboxylic acids is 1. The van der Waals surface area contributed by atoms with Gasteiger partial charge in [-0.15, -0.1) is 10.2 Å². The van der Waals surface area contributed by atoms with Gasteiger partial charge >= 0.3 is 12.1 Å². The van der Waals surface area contributed by atoms with E-state index in [4.69, 9.17) is 14.3 Å². The number of nitrogens with zero attached hydrogens (tertiary/aromatic N) is 2. The van der Waals surface area contributed by atoms with Crippen molar-refractivity contribution in [2.24, 2.45) is 0 Å². The lowest BCUT2D eigenvalue weighted by Gasteiger charge is -2.21. The second-order valence-electron chi connectivity index (χ2n) is 4.96. The minimum absolute atomic E-state index is 0.102. The molecule has 0 fully saturated rings. The monoisotopic (exact) mass is 271 g/mol. The molecular weight excluding hydrogens is 254 g/mol. The van der Waals surface area contributed by atoms with E-state index in [0.717, 1.165) is 0 Å². The fraction of sp³-hybridized carbons (Fsp3) is 0.636. The van der Waals surface area contributed by atoms with Gasteiger partial charge in [-0.25, -0.2) is 9.59 Å². The van der Waals surface area contributed by atoms with Crippen LogP contribution in [0, 0.1) is 6.92 Å². The smallest absolute Gasteiger partial charge is 0.408 e. The maximum atomic E-state index is 11.5. The zero-order valence-electron chi connectivity index (χ0n) is 11.3. The average molecular weight is 271 g/mol. The van der Waals surface area contributed by atoms with Crippen LogP contribution in [-0.4, -0.2) is 39.0 Å². The van der Waals surface area contributed by atoms with Crippen LogP contribution < -0.4 is 5.32 Å². The zero-order chi connectivity index (χ0) is 14.6. The Kier molecular flexibility index (Phi) is 4.47. The third kappa shape index (κ3) is 5.36. The van der Waals surface area contributed by atoms with Crippen molar-refractivity contribution in [3.63, 3.8) is 0 Å². The van der Waals surface area contributed by atoms with Gasteiger partial charge in [0.05, 0.1) is 6.42 Å². The normalized spacial score (nSPS) is 12.8. The molecule has 0 aromatic carbocycles. The topological polar surface area (TPSA) is 115 Å². The number of carboxylic acids is 1. The zero-order valence-corrected chi connectivity index (χ0v) is 11.3. The van der Waals surface area contributed by atoms with Crippen molar-refractivity contribution in [1.29, 1.82) is 0 Å². The summed E-state index contributed by atoms with van der Waals surface area (Å²) in [7, 11) is 0. The Morgan fingerprint density at radius 2 is 2.05 bits per heavy atom. The molecule has 0 unspecified atom stereocenters. The summed E-state index contributed by atoms with van der Waals surface area (Å²) in [5.41, 5.74) is -0.700. The summed E-state index contributed by atoms with van der Waals surface area (Å²) in [4.78, 5) is 22.6. The molecule has 8 nitrogen and oxygen atoms in total. The van der Waals surface area contributed by atoms with E-state index in [9.17, 15) is 9.59 Å². The highest BCUT2D eigenvalue weighted by Crippen LogP contribution is 2.08. The highest BCUT2D eigenvalue weighted by Gasteiger charge is 2.25. The van der Waals surface area contributed by atoms with Gasteiger partial charge in [-0.05, 0) is 20.8 Å². The lowest BCUT2D eigenvalue weighted by molar-refractivity contribution is -0.139. The Balaban J connectivity index is 2.63. The van der Waals surface area contributed by atoms with Crippen LogP contribution in [0.2, 0.25) is 0 Å². The van der Waals surface area contributed by atoms with Gasteiger partial charge < -0.3 is 19.6 Å². The molecule has 0 saturated carbocycles. The van der Waals surface area contributed by atoms with E-state index >= 15 is 0 Å². The predicted octanol–water partition coefficient (Wildman–Crippen LogP) is 0.898. The molecule has 0 aliphatic rings. The average Bonchev–Trinajstić information content (AvgIpc) is 2.60. The van der Waals surface area contributed by atoms with Crippen LogP contribution >= 0.6 is 0 Å². The number of aliphatic carboxylic acids is 1. The van der Waals surface area contributed by atoms with Crippen molar-refractivity contribution in [3.8, 4) is 0 Å². The van der Waals surface area contributed by atoms with Gasteiger partial charge in [0.2, 0.25) is 11.8 Å². The van der Waals surface area contributed by atoms with E-state index in [1.165, 1.54) is 0 Å². The molecule has 0 aliphatic heterocycles. The number of hydrogen-bond donors (Lipinski definition) is 2. The first-order valence-corrected chi connectivity index (χ1v) is 5.68. The second kappa shape index (κ2) is 5.68. The highest BCUT2D eigenvalue weighted by molar-refractivity contribution is 5.80. The van der Waals surface area contributed by atoms with E-state index in [1.807, 2.05) is 0 Å². The third-order valence-corrected chi connectivity index (χ3v) is 1.94. The Hall–Kier alpha value is -2.12. The van der Waals surface area contributed by atoms with E-state index in [0.29, 0.717) is 5.89 Å². The number of aryl methyl sites for hydroxylation is 1. The van der Waals surface area contributed by atoms with Crippen molar-refractivity contribution >= 4 is 12.1 Å². The summed E-state index contributed by atoms with van der Waals surface area (Å²) < 4.78 is 10.1. The number of ether oxygens (including phenoxy) is 1. The molecule has 0 saturated heterocycles. The minimum atomic E-state index is -1.21. The van der Waals surface area contributed by atoms with E-state index in [-0.39, 0.29) is 12.3 Å². The summed E-state index contributed by atoms with van der Waals surface area (Å²) in [5, 5.41) is 18.5. The van der Waals surface area contributed by atoms with Crippen molar-refractivity contribution in [1.82, 2.24) is 15.5 Å². The van der Waals surface area contributed by atoms with Gasteiger partial charge in [0.1, 0.15) is 11.6 Å². The van der Waals surface area contributed by atoms with Gasteiger partial charge in [0.15, 0.2) is 0 Å². The molecule has 0 spiro atoms. The van der Waals surface area contributed by atoms with Crippen molar-refractivity contribution < 1.29 is 23.8 Å². The molecule has 0 bridgehead atoms. The van der Waals surface area contributed by atoms with Crippen LogP contribution in [0.4, 0.5) is 4.79 Å². The first kappa shape index (κ1) is 14.9. The second-order valence-corrected chi connectivity index (χ2v) is 4.96. The summed E-state index contributed by atoms with van der Waals surface area (Å²) in [5.74, 6) is -0.737. The SMILES string of the molecule is Cc1nnc(C[C@H](NC(=O)OC(C)(C)C)C(=O)O)o1. The summed E-state index contributed by atoms with van der Waals surface area (Å²) in [6.45, 7) is 6.64. The van der Waals surface area contributed by atoms with Crippen molar-refractivity contribution in [2.75, 3.05) is 0 Å². The van der Waals surface area contributed by atoms with E-state index < -0.39 is 23.7 Å². The number of nitrogens with one attached hydrogen (secondary N) is 1. The largest absolute Gasteiger partial charge is 0.480 e. The van der Waals surface area contributed by atoms with Crippen molar-refractivity contribution in [2.45, 2.75) is 45.8 Å². The van der Waals surface area contributed by atoms with Crippen LogP contribution in [0.5, 0.6) is 0 Å². The van der Waals surface area contributed by atoms with Crippen LogP contribution in [0.25, 0.3) is 0 Å². The number of aromatic nitrogens is 2. The molecule has 1 rings (SSSR count). The van der Waals surface area contributed by atoms with Gasteiger partial charge in [0, 0.05) is 6.92 Å².